The van der Waals surface area contributed by atoms with Gasteiger partial charge in [0.15, 0.2) is 0 Å². The number of ether oxygens (including phenoxy) is 1. The minimum Gasteiger partial charge on any atom is -0.495 e. The highest BCUT2D eigenvalue weighted by Crippen LogP contribution is 2.32. The predicted molar refractivity (Wildman–Crippen MR) is 62.6 cm³/mol. The molecule has 5 nitrogen and oxygen atoms in total. The first-order chi connectivity index (χ1) is 8.13. The maximum atomic E-state index is 11.8. The zero-order valence-corrected chi connectivity index (χ0v) is 9.55. The van der Waals surface area contributed by atoms with Gasteiger partial charge in [0.25, 0.3) is 0 Å². The van der Waals surface area contributed by atoms with Crippen molar-refractivity contribution in [2.75, 3.05) is 18.6 Å². The molecule has 2 N–H and O–H groups in total. The molecule has 0 aromatic heterocycles. The SMILES string of the molecule is COc1ccccc1N1CC(C(N)=O)CC1=O. The molecular formula is C12H14N2O3. The van der Waals surface area contributed by atoms with E-state index in [1.54, 1.807) is 24.1 Å². The number of hydrogen-bond acceptors (Lipinski definition) is 3. The van der Waals surface area contributed by atoms with Gasteiger partial charge in [0.05, 0.1) is 18.7 Å². The van der Waals surface area contributed by atoms with Crippen LogP contribution in [0.3, 0.4) is 0 Å². The number of nitrogens with two attached hydrogens (primary N) is 1. The summed E-state index contributed by atoms with van der Waals surface area (Å²) in [7, 11) is 1.55. The third-order valence-electron chi connectivity index (χ3n) is 2.90. The Morgan fingerprint density at radius 3 is 2.76 bits per heavy atom. The summed E-state index contributed by atoms with van der Waals surface area (Å²) in [5, 5.41) is 0. The number of nitrogens with zero attached hydrogens (tertiary/aromatic N) is 1. The van der Waals surface area contributed by atoms with Gasteiger partial charge in [0, 0.05) is 13.0 Å². The molecule has 2 amide bonds. The molecule has 1 aliphatic rings. The number of carbonyl (C=O) groups excluding carboxylic acids is 2. The number of primary amides is 1. The van der Waals surface area contributed by atoms with Crippen molar-refractivity contribution in [3.05, 3.63) is 24.3 Å². The Balaban J connectivity index is 2.29. The molecule has 17 heavy (non-hydrogen) atoms. The number of anilines is 1. The Labute approximate surface area is 99.2 Å². The van der Waals surface area contributed by atoms with Crippen molar-refractivity contribution in [3.63, 3.8) is 0 Å². The van der Waals surface area contributed by atoms with E-state index in [2.05, 4.69) is 0 Å². The molecule has 0 radical (unpaired) electrons. The van der Waals surface area contributed by atoms with Crippen LogP contribution in [0, 0.1) is 5.92 Å². The van der Waals surface area contributed by atoms with Crippen LogP contribution in [-0.4, -0.2) is 25.5 Å². The number of methoxy groups -OCH3 is 1. The lowest BCUT2D eigenvalue weighted by atomic mass is 10.1. The molecule has 0 saturated carbocycles. The Kier molecular flexibility index (Phi) is 2.99. The maximum Gasteiger partial charge on any atom is 0.227 e. The van der Waals surface area contributed by atoms with Crippen molar-refractivity contribution >= 4 is 17.5 Å². The summed E-state index contributed by atoms with van der Waals surface area (Å²) in [6.07, 6.45) is 0.174. The van der Waals surface area contributed by atoms with Gasteiger partial charge in [-0.2, -0.15) is 0 Å². The summed E-state index contributed by atoms with van der Waals surface area (Å²) in [5.41, 5.74) is 5.91. The maximum absolute atomic E-state index is 11.8. The van der Waals surface area contributed by atoms with Crippen molar-refractivity contribution < 1.29 is 14.3 Å². The molecule has 0 aliphatic carbocycles. The van der Waals surface area contributed by atoms with Gasteiger partial charge in [0.2, 0.25) is 11.8 Å². The van der Waals surface area contributed by atoms with E-state index in [-0.39, 0.29) is 12.3 Å². The zero-order valence-electron chi connectivity index (χ0n) is 9.55. The van der Waals surface area contributed by atoms with Gasteiger partial charge in [-0.3, -0.25) is 9.59 Å². The lowest BCUT2D eigenvalue weighted by Crippen LogP contribution is -2.28. The molecule has 1 saturated heterocycles. The van der Waals surface area contributed by atoms with Crippen molar-refractivity contribution in [2.45, 2.75) is 6.42 Å². The summed E-state index contributed by atoms with van der Waals surface area (Å²) in [6, 6.07) is 7.22. The summed E-state index contributed by atoms with van der Waals surface area (Å²) >= 11 is 0. The molecule has 90 valence electrons. The van der Waals surface area contributed by atoms with Crippen LogP contribution in [0.25, 0.3) is 0 Å². The molecule has 1 aromatic rings. The Hall–Kier alpha value is -2.04. The molecular weight excluding hydrogens is 220 g/mol. The van der Waals surface area contributed by atoms with Crippen LogP contribution in [-0.2, 0) is 9.59 Å². The van der Waals surface area contributed by atoms with E-state index in [0.29, 0.717) is 18.0 Å². The molecule has 1 unspecified atom stereocenters. The van der Waals surface area contributed by atoms with E-state index in [1.165, 1.54) is 0 Å². The summed E-state index contributed by atoms with van der Waals surface area (Å²) in [5.74, 6) is -0.326. The van der Waals surface area contributed by atoms with Crippen LogP contribution in [0.1, 0.15) is 6.42 Å². The summed E-state index contributed by atoms with van der Waals surface area (Å²) in [4.78, 5) is 24.5. The summed E-state index contributed by atoms with van der Waals surface area (Å²) < 4.78 is 5.19. The number of benzene rings is 1. The minimum absolute atomic E-state index is 0.0988. The predicted octanol–water partition coefficient (Wildman–Crippen LogP) is 0.533. The second-order valence-electron chi connectivity index (χ2n) is 3.98. The van der Waals surface area contributed by atoms with E-state index >= 15 is 0 Å². The van der Waals surface area contributed by atoms with Gasteiger partial charge in [-0.25, -0.2) is 0 Å². The molecule has 1 aromatic carbocycles. The molecule has 1 heterocycles. The molecule has 1 aliphatic heterocycles. The van der Waals surface area contributed by atoms with Gasteiger partial charge in [0.1, 0.15) is 5.75 Å². The Morgan fingerprint density at radius 2 is 2.18 bits per heavy atom. The van der Waals surface area contributed by atoms with Crippen LogP contribution in [0.2, 0.25) is 0 Å². The molecule has 1 fully saturated rings. The van der Waals surface area contributed by atoms with E-state index in [9.17, 15) is 9.59 Å². The van der Waals surface area contributed by atoms with Crippen LogP contribution in [0.4, 0.5) is 5.69 Å². The van der Waals surface area contributed by atoms with Crippen LogP contribution in [0.15, 0.2) is 24.3 Å². The number of para-hydroxylation sites is 2. The van der Waals surface area contributed by atoms with Gasteiger partial charge in [-0.05, 0) is 12.1 Å². The smallest absolute Gasteiger partial charge is 0.227 e. The Bertz CT molecular complexity index is 459. The highest BCUT2D eigenvalue weighted by Gasteiger charge is 2.34. The zero-order chi connectivity index (χ0) is 12.4. The van der Waals surface area contributed by atoms with Gasteiger partial charge >= 0.3 is 0 Å². The van der Waals surface area contributed by atoms with Gasteiger partial charge < -0.3 is 15.4 Å². The fourth-order valence-corrected chi connectivity index (χ4v) is 1.98. The Morgan fingerprint density at radius 1 is 1.47 bits per heavy atom. The van der Waals surface area contributed by atoms with Crippen molar-refractivity contribution in [3.8, 4) is 5.75 Å². The molecule has 0 bridgehead atoms. The topological polar surface area (TPSA) is 72.6 Å². The quantitative estimate of drug-likeness (QED) is 0.829. The molecule has 2 rings (SSSR count). The number of rotatable bonds is 3. The van der Waals surface area contributed by atoms with E-state index in [1.807, 2.05) is 12.1 Å². The monoisotopic (exact) mass is 234 g/mol. The minimum atomic E-state index is -0.434. The van der Waals surface area contributed by atoms with Crippen LogP contribution < -0.4 is 15.4 Å². The number of hydrogen-bond donors (Lipinski definition) is 1. The van der Waals surface area contributed by atoms with E-state index in [4.69, 9.17) is 10.5 Å². The fourth-order valence-electron chi connectivity index (χ4n) is 1.98. The third-order valence-corrected chi connectivity index (χ3v) is 2.90. The third kappa shape index (κ3) is 2.08. The normalized spacial score (nSPS) is 19.5. The first kappa shape index (κ1) is 11.4. The highest BCUT2D eigenvalue weighted by molar-refractivity contribution is 6.01. The lowest BCUT2D eigenvalue weighted by molar-refractivity contribution is -0.123. The first-order valence-electron chi connectivity index (χ1n) is 5.36. The second kappa shape index (κ2) is 4.45. The van der Waals surface area contributed by atoms with Crippen LogP contribution in [0.5, 0.6) is 5.75 Å². The number of carbonyl (C=O) groups is 2. The fraction of sp³-hybridized carbons (Fsp3) is 0.333. The largest absolute Gasteiger partial charge is 0.495 e. The summed E-state index contributed by atoms with van der Waals surface area (Å²) in [6.45, 7) is 0.328. The second-order valence-corrected chi connectivity index (χ2v) is 3.98. The molecule has 0 spiro atoms. The standard InChI is InChI=1S/C12H14N2O3/c1-17-10-5-3-2-4-9(10)14-7-8(12(13)16)6-11(14)15/h2-5,8H,6-7H2,1H3,(H2,13,16). The van der Waals surface area contributed by atoms with Crippen molar-refractivity contribution in [1.82, 2.24) is 0 Å². The highest BCUT2D eigenvalue weighted by atomic mass is 16.5. The van der Waals surface area contributed by atoms with E-state index in [0.717, 1.165) is 0 Å². The van der Waals surface area contributed by atoms with Gasteiger partial charge in [-0.1, -0.05) is 12.1 Å². The average Bonchev–Trinajstić information content (AvgIpc) is 2.71. The average molecular weight is 234 g/mol. The lowest BCUT2D eigenvalue weighted by Gasteiger charge is -2.18. The van der Waals surface area contributed by atoms with Gasteiger partial charge in [-0.15, -0.1) is 0 Å². The molecule has 5 heteroatoms. The first-order valence-corrected chi connectivity index (χ1v) is 5.36. The van der Waals surface area contributed by atoms with Crippen LogP contribution >= 0.6 is 0 Å². The van der Waals surface area contributed by atoms with Crippen molar-refractivity contribution in [2.24, 2.45) is 11.7 Å². The van der Waals surface area contributed by atoms with Crippen molar-refractivity contribution in [1.29, 1.82) is 0 Å². The molecule has 1 atom stereocenters. The van der Waals surface area contributed by atoms with E-state index < -0.39 is 11.8 Å². The number of amides is 2.